The fraction of sp³-hybridized carbons (Fsp3) is 0. The minimum absolute atomic E-state index is 0.260. The van der Waals surface area contributed by atoms with Crippen molar-refractivity contribution in [2.24, 2.45) is 0 Å². The molecule has 2 nitrogen and oxygen atoms in total. The van der Waals surface area contributed by atoms with Gasteiger partial charge < -0.3 is 9.40 Å². The molecule has 5 aromatic carbocycles. The summed E-state index contributed by atoms with van der Waals surface area (Å²) in [6.45, 7) is 0. The van der Waals surface area contributed by atoms with E-state index in [2.05, 4.69) is 71.7 Å². The average molecular weight is 377 g/mol. The number of hydrogen-bond acceptors (Lipinski definition) is 1. The minimum Gasteiger partial charge on any atom is -0.471 e. The van der Waals surface area contributed by atoms with Crippen LogP contribution in [-0.2, 0) is 0 Å². The summed E-state index contributed by atoms with van der Waals surface area (Å²) in [4.78, 5) is 3.68. The third kappa shape index (κ3) is 1.82. The van der Waals surface area contributed by atoms with Gasteiger partial charge in [-0.05, 0) is 26.9 Å². The van der Waals surface area contributed by atoms with Gasteiger partial charge in [-0.1, -0.05) is 78.3 Å². The Bertz CT molecular complexity index is 1820. The number of benzene rings is 5. The lowest BCUT2D eigenvalue weighted by Crippen LogP contribution is -2.21. The summed E-state index contributed by atoms with van der Waals surface area (Å²) in [7, 11) is 12.4. The number of H-pyrrole nitrogens is 1. The Morgan fingerprint density at radius 3 is 1.67 bits per heavy atom. The first-order valence-electron chi connectivity index (χ1n) is 9.97. The predicted octanol–water partition coefficient (Wildman–Crippen LogP) is 5.11. The monoisotopic (exact) mass is 377 g/mol. The van der Waals surface area contributed by atoms with Crippen molar-refractivity contribution in [2.45, 2.75) is 0 Å². The highest BCUT2D eigenvalue weighted by atomic mass is 16.3. The molecule has 4 radical (unpaired) electrons. The molecule has 0 bridgehead atoms. The molecule has 0 spiro atoms. The van der Waals surface area contributed by atoms with Gasteiger partial charge in [-0.3, -0.25) is 0 Å². The van der Waals surface area contributed by atoms with Crippen molar-refractivity contribution in [3.63, 3.8) is 0 Å². The van der Waals surface area contributed by atoms with Crippen molar-refractivity contribution in [3.05, 3.63) is 72.8 Å². The van der Waals surface area contributed by atoms with Gasteiger partial charge in [0.2, 0.25) is 0 Å². The number of aromatic nitrogens is 1. The molecule has 134 valence electrons. The molecular formula is C26H13B2NO. The minimum atomic E-state index is 0.260. The van der Waals surface area contributed by atoms with Crippen LogP contribution in [0.15, 0.2) is 77.2 Å². The van der Waals surface area contributed by atoms with Crippen molar-refractivity contribution >= 4 is 91.9 Å². The lowest BCUT2D eigenvalue weighted by molar-refractivity contribution is 0.658. The van der Waals surface area contributed by atoms with E-state index >= 15 is 0 Å². The number of furan rings is 1. The Hall–Kier alpha value is -3.65. The average Bonchev–Trinajstić information content (AvgIpc) is 3.33. The Morgan fingerprint density at radius 1 is 0.533 bits per heavy atom. The Labute approximate surface area is 174 Å². The molecule has 30 heavy (non-hydrogen) atoms. The van der Waals surface area contributed by atoms with Crippen LogP contribution in [0.25, 0.3) is 65.1 Å². The topological polar surface area (TPSA) is 28.9 Å². The Balaban J connectivity index is 1.93. The van der Waals surface area contributed by atoms with Crippen molar-refractivity contribution < 1.29 is 4.42 Å². The maximum atomic E-state index is 6.34. The summed E-state index contributed by atoms with van der Waals surface area (Å²) in [6, 6.07) is 25.4. The zero-order valence-corrected chi connectivity index (χ0v) is 16.0. The zero-order valence-electron chi connectivity index (χ0n) is 16.0. The SMILES string of the molecule is [B]c1oc2c3[nH]c4c5ccccc5c5ccccc5c4c3c3ccccc3c2c1[B]. The fourth-order valence-corrected chi connectivity index (χ4v) is 5.11. The van der Waals surface area contributed by atoms with E-state index in [1.165, 1.54) is 26.9 Å². The zero-order chi connectivity index (χ0) is 20.0. The van der Waals surface area contributed by atoms with Gasteiger partial charge in [0.15, 0.2) is 13.4 Å². The van der Waals surface area contributed by atoms with Crippen molar-refractivity contribution in [2.75, 3.05) is 0 Å². The van der Waals surface area contributed by atoms with Crippen molar-refractivity contribution in [1.82, 2.24) is 4.98 Å². The van der Waals surface area contributed by atoms with Gasteiger partial charge in [0.25, 0.3) is 0 Å². The quantitative estimate of drug-likeness (QED) is 0.289. The molecule has 2 heterocycles. The number of aromatic amines is 1. The number of nitrogens with one attached hydrogen (secondary N) is 1. The van der Waals surface area contributed by atoms with Gasteiger partial charge in [-0.25, -0.2) is 0 Å². The molecule has 0 saturated carbocycles. The van der Waals surface area contributed by atoms with E-state index in [0.717, 1.165) is 32.6 Å². The van der Waals surface area contributed by atoms with Crippen LogP contribution in [0.5, 0.6) is 0 Å². The first-order valence-corrected chi connectivity index (χ1v) is 9.97. The molecule has 0 fully saturated rings. The molecule has 0 aliphatic heterocycles. The number of rotatable bonds is 0. The molecule has 4 heteroatoms. The van der Waals surface area contributed by atoms with Crippen LogP contribution in [0.1, 0.15) is 0 Å². The van der Waals surface area contributed by atoms with Gasteiger partial charge in [0.1, 0.15) is 7.85 Å². The lowest BCUT2D eigenvalue weighted by atomic mass is 9.83. The molecule has 0 aliphatic rings. The predicted molar refractivity (Wildman–Crippen MR) is 129 cm³/mol. The van der Waals surface area contributed by atoms with E-state index in [1.54, 1.807) is 0 Å². The smallest absolute Gasteiger partial charge is 0.166 e. The Morgan fingerprint density at radius 2 is 1.00 bits per heavy atom. The van der Waals surface area contributed by atoms with Crippen LogP contribution in [0.3, 0.4) is 0 Å². The van der Waals surface area contributed by atoms with Crippen LogP contribution < -0.4 is 11.1 Å². The molecule has 7 rings (SSSR count). The molecular weight excluding hydrogens is 364 g/mol. The van der Waals surface area contributed by atoms with Gasteiger partial charge in [0, 0.05) is 27.2 Å². The molecule has 2 aromatic heterocycles. The summed E-state index contributed by atoms with van der Waals surface area (Å²) in [5, 5.41) is 10.3. The van der Waals surface area contributed by atoms with Crippen LogP contribution >= 0.6 is 0 Å². The second kappa shape index (κ2) is 5.48. The van der Waals surface area contributed by atoms with Gasteiger partial charge in [-0.2, -0.15) is 0 Å². The molecule has 0 atom stereocenters. The molecule has 0 saturated heterocycles. The number of fused-ring (bicyclic) bond motifs is 13. The van der Waals surface area contributed by atoms with Crippen LogP contribution in [0, 0.1) is 0 Å². The fourth-order valence-electron chi connectivity index (χ4n) is 5.11. The summed E-state index contributed by atoms with van der Waals surface area (Å²) in [6.07, 6.45) is 0. The molecule has 0 unspecified atom stereocenters. The molecule has 7 aromatic rings. The van der Waals surface area contributed by atoms with E-state index in [-0.39, 0.29) is 5.66 Å². The highest BCUT2D eigenvalue weighted by molar-refractivity contribution is 6.55. The Kier molecular flexibility index (Phi) is 2.96. The maximum absolute atomic E-state index is 6.34. The van der Waals surface area contributed by atoms with E-state index < -0.39 is 0 Å². The van der Waals surface area contributed by atoms with Crippen LogP contribution in [0.2, 0.25) is 0 Å². The maximum Gasteiger partial charge on any atom is 0.166 e. The summed E-state index contributed by atoms with van der Waals surface area (Å²) in [5.74, 6) is 0. The van der Waals surface area contributed by atoms with Crippen LogP contribution in [-0.4, -0.2) is 20.7 Å². The second-order valence-electron chi connectivity index (χ2n) is 7.85. The highest BCUT2D eigenvalue weighted by Gasteiger charge is 2.21. The summed E-state index contributed by atoms with van der Waals surface area (Å²) < 4.78 is 6.00. The van der Waals surface area contributed by atoms with Crippen molar-refractivity contribution in [3.8, 4) is 0 Å². The van der Waals surface area contributed by atoms with Crippen molar-refractivity contribution in [1.29, 1.82) is 0 Å². The summed E-state index contributed by atoms with van der Waals surface area (Å²) >= 11 is 0. The van der Waals surface area contributed by atoms with E-state index in [1.807, 2.05) is 6.07 Å². The number of hydrogen-bond donors (Lipinski definition) is 1. The third-order valence-corrected chi connectivity index (χ3v) is 6.35. The lowest BCUT2D eigenvalue weighted by Gasteiger charge is -2.08. The van der Waals surface area contributed by atoms with Gasteiger partial charge in [-0.15, -0.1) is 0 Å². The molecule has 1 N–H and O–H groups in total. The molecule has 0 aliphatic carbocycles. The standard InChI is InChI=1S/C26H13B2NO/c27-22-21-17-11-5-4-10-16(17)20-19-15-9-3-1-7-13(15)14-8-2-6-12-18(14)23(19)29-24(20)25(21)30-26(22)28/h1-12,29H. The van der Waals surface area contributed by atoms with E-state index in [9.17, 15) is 0 Å². The van der Waals surface area contributed by atoms with Gasteiger partial charge >= 0.3 is 0 Å². The van der Waals surface area contributed by atoms with Gasteiger partial charge in [0.05, 0.1) is 11.0 Å². The first-order chi connectivity index (χ1) is 14.7. The first kappa shape index (κ1) is 16.2. The normalized spacial score (nSPS) is 12.3. The largest absolute Gasteiger partial charge is 0.471 e. The van der Waals surface area contributed by atoms with E-state index in [0.29, 0.717) is 11.0 Å². The van der Waals surface area contributed by atoms with Crippen LogP contribution in [0.4, 0.5) is 0 Å². The summed E-state index contributed by atoms with van der Waals surface area (Å²) in [5.41, 5.74) is 3.50. The van der Waals surface area contributed by atoms with E-state index in [4.69, 9.17) is 20.1 Å². The second-order valence-corrected chi connectivity index (χ2v) is 7.85. The highest BCUT2D eigenvalue weighted by Crippen LogP contribution is 2.43. The molecule has 0 amide bonds. The third-order valence-electron chi connectivity index (χ3n) is 6.35.